The molecule has 0 aliphatic carbocycles. The minimum absolute atomic E-state index is 0. The molecule has 0 bridgehead atoms. The van der Waals surface area contributed by atoms with Gasteiger partial charge in [-0.3, -0.25) is 9.59 Å². The Kier molecular flexibility index (Phi) is 4.76. The number of likely N-dealkylation sites (tertiary alicyclic amines) is 1. The van der Waals surface area contributed by atoms with Gasteiger partial charge in [0.1, 0.15) is 5.82 Å². The zero-order valence-electron chi connectivity index (χ0n) is 14.4. The van der Waals surface area contributed by atoms with Crippen molar-refractivity contribution in [2.75, 3.05) is 25.0 Å². The van der Waals surface area contributed by atoms with Crippen molar-refractivity contribution in [1.82, 2.24) is 4.90 Å². The Hall–Kier alpha value is -2.40. The molecule has 0 saturated carbocycles. The summed E-state index contributed by atoms with van der Waals surface area (Å²) in [7, 11) is 1.73. The maximum atomic E-state index is 13.8. The molecule has 2 aliphatic heterocycles. The Balaban J connectivity index is 0.00000196. The maximum Gasteiger partial charge on any atom is 0.253 e. The number of fused-ring (bicyclic) bond motifs is 2. The summed E-state index contributed by atoms with van der Waals surface area (Å²) in [5.41, 5.74) is 1.47. The molecule has 1 saturated heterocycles. The lowest BCUT2D eigenvalue weighted by atomic mass is 9.73. The van der Waals surface area contributed by atoms with Crippen LogP contribution in [0, 0.1) is 5.82 Å². The Morgan fingerprint density at radius 3 is 2.38 bits per heavy atom. The Labute approximate surface area is 158 Å². The number of rotatable bonds is 1. The van der Waals surface area contributed by atoms with E-state index in [1.165, 1.54) is 12.1 Å². The molecular weight excluding hydrogens is 355 g/mol. The van der Waals surface area contributed by atoms with Gasteiger partial charge >= 0.3 is 0 Å². The van der Waals surface area contributed by atoms with Gasteiger partial charge in [-0.15, -0.1) is 12.4 Å². The van der Waals surface area contributed by atoms with E-state index < -0.39 is 5.41 Å². The van der Waals surface area contributed by atoms with Crippen molar-refractivity contribution in [3.8, 4) is 0 Å². The quantitative estimate of drug-likeness (QED) is 0.767. The molecule has 2 aliphatic rings. The van der Waals surface area contributed by atoms with Gasteiger partial charge in [0, 0.05) is 31.4 Å². The first-order valence-electron chi connectivity index (χ1n) is 8.45. The fourth-order valence-electron chi connectivity index (χ4n) is 4.07. The summed E-state index contributed by atoms with van der Waals surface area (Å²) in [6.07, 6.45) is 1.04. The summed E-state index contributed by atoms with van der Waals surface area (Å²) in [6.45, 7) is 0.979. The van der Waals surface area contributed by atoms with E-state index in [2.05, 4.69) is 0 Å². The predicted octanol–water partition coefficient (Wildman–Crippen LogP) is 3.40. The van der Waals surface area contributed by atoms with Crippen LogP contribution in [-0.2, 0) is 10.2 Å². The summed E-state index contributed by atoms with van der Waals surface area (Å²) in [6, 6.07) is 13.7. The molecule has 0 N–H and O–H groups in total. The Bertz CT molecular complexity index is 848. The second-order valence-corrected chi connectivity index (χ2v) is 6.77. The average molecular weight is 375 g/mol. The van der Waals surface area contributed by atoms with Crippen molar-refractivity contribution in [1.29, 1.82) is 0 Å². The van der Waals surface area contributed by atoms with Crippen molar-refractivity contribution in [2.24, 2.45) is 0 Å². The second-order valence-electron chi connectivity index (χ2n) is 6.77. The average Bonchev–Trinajstić information content (AvgIpc) is 2.84. The third-order valence-electron chi connectivity index (χ3n) is 5.47. The van der Waals surface area contributed by atoms with Crippen LogP contribution in [0.25, 0.3) is 0 Å². The summed E-state index contributed by atoms with van der Waals surface area (Å²) in [4.78, 5) is 28.9. The zero-order chi connectivity index (χ0) is 17.6. The van der Waals surface area contributed by atoms with Crippen molar-refractivity contribution < 1.29 is 14.0 Å². The van der Waals surface area contributed by atoms with E-state index in [1.807, 2.05) is 18.2 Å². The number of halogens is 2. The number of amides is 2. The highest BCUT2D eigenvalue weighted by molar-refractivity contribution is 6.08. The fourth-order valence-corrected chi connectivity index (χ4v) is 4.07. The number of hydrogen-bond donors (Lipinski definition) is 0. The van der Waals surface area contributed by atoms with Crippen LogP contribution < -0.4 is 4.90 Å². The van der Waals surface area contributed by atoms with Crippen molar-refractivity contribution in [3.63, 3.8) is 0 Å². The van der Waals surface area contributed by atoms with E-state index in [4.69, 9.17) is 0 Å². The van der Waals surface area contributed by atoms with Crippen molar-refractivity contribution in [2.45, 2.75) is 18.3 Å². The largest absolute Gasteiger partial charge is 0.339 e. The van der Waals surface area contributed by atoms with Gasteiger partial charge in [0.05, 0.1) is 5.41 Å². The highest BCUT2D eigenvalue weighted by atomic mass is 35.5. The number of likely N-dealkylation sites (N-methyl/N-ethyl adjacent to an activating group) is 1. The lowest BCUT2D eigenvalue weighted by Crippen LogP contribution is -2.49. The number of benzene rings is 2. The van der Waals surface area contributed by atoms with Crippen LogP contribution >= 0.6 is 12.4 Å². The smallest absolute Gasteiger partial charge is 0.253 e. The van der Waals surface area contributed by atoms with E-state index >= 15 is 0 Å². The minimum Gasteiger partial charge on any atom is -0.339 e. The minimum atomic E-state index is -0.709. The van der Waals surface area contributed by atoms with Crippen LogP contribution in [0.2, 0.25) is 0 Å². The molecular formula is C20H20ClFN2O2. The second kappa shape index (κ2) is 6.72. The van der Waals surface area contributed by atoms with Crippen LogP contribution in [0.1, 0.15) is 28.8 Å². The highest BCUT2D eigenvalue weighted by Gasteiger charge is 2.51. The summed E-state index contributed by atoms with van der Waals surface area (Å²) in [5, 5.41) is 0. The van der Waals surface area contributed by atoms with Gasteiger partial charge in [-0.25, -0.2) is 4.39 Å². The molecule has 0 aromatic heterocycles. The molecule has 1 fully saturated rings. The van der Waals surface area contributed by atoms with Crippen LogP contribution in [-0.4, -0.2) is 36.9 Å². The molecule has 0 atom stereocenters. The lowest BCUT2D eigenvalue weighted by molar-refractivity contribution is -0.124. The Morgan fingerprint density at radius 1 is 1.08 bits per heavy atom. The molecule has 2 amide bonds. The van der Waals surface area contributed by atoms with Gasteiger partial charge < -0.3 is 9.80 Å². The summed E-state index contributed by atoms with van der Waals surface area (Å²) in [5.74, 6) is -0.349. The third kappa shape index (κ3) is 2.67. The third-order valence-corrected chi connectivity index (χ3v) is 5.47. The molecule has 136 valence electrons. The van der Waals surface area contributed by atoms with Gasteiger partial charge in [0.15, 0.2) is 0 Å². The molecule has 1 spiro atoms. The van der Waals surface area contributed by atoms with Crippen LogP contribution in [0.4, 0.5) is 10.1 Å². The molecule has 0 radical (unpaired) electrons. The molecule has 2 aromatic rings. The van der Waals surface area contributed by atoms with Crippen molar-refractivity contribution in [3.05, 3.63) is 65.5 Å². The van der Waals surface area contributed by atoms with Gasteiger partial charge in [-0.1, -0.05) is 18.2 Å². The van der Waals surface area contributed by atoms with E-state index in [1.54, 1.807) is 35.0 Å². The van der Waals surface area contributed by atoms with Crippen LogP contribution in [0.15, 0.2) is 48.5 Å². The summed E-state index contributed by atoms with van der Waals surface area (Å²) < 4.78 is 13.8. The zero-order valence-corrected chi connectivity index (χ0v) is 15.3. The molecule has 2 aromatic carbocycles. The number of carbonyl (C=O) groups excluding carboxylic acids is 2. The lowest BCUT2D eigenvalue weighted by Gasteiger charge is -2.38. The number of nitrogens with zero attached hydrogens (tertiary/aromatic N) is 2. The normalized spacial score (nSPS) is 17.8. The number of anilines is 1. The van der Waals surface area contributed by atoms with Crippen molar-refractivity contribution >= 4 is 29.9 Å². The number of carbonyl (C=O) groups is 2. The van der Waals surface area contributed by atoms with E-state index in [0.717, 1.165) is 11.3 Å². The van der Waals surface area contributed by atoms with E-state index in [-0.39, 0.29) is 30.0 Å². The van der Waals surface area contributed by atoms with Gasteiger partial charge in [-0.05, 0) is 48.7 Å². The number of piperidine rings is 1. The molecule has 4 nitrogen and oxygen atoms in total. The first-order valence-corrected chi connectivity index (χ1v) is 8.45. The monoisotopic (exact) mass is 374 g/mol. The molecule has 0 unspecified atom stereocenters. The molecule has 26 heavy (non-hydrogen) atoms. The van der Waals surface area contributed by atoms with Crippen LogP contribution in [0.3, 0.4) is 0 Å². The van der Waals surface area contributed by atoms with Gasteiger partial charge in [0.2, 0.25) is 5.91 Å². The number of hydrogen-bond acceptors (Lipinski definition) is 2. The molecule has 4 rings (SSSR count). The van der Waals surface area contributed by atoms with Gasteiger partial charge in [-0.2, -0.15) is 0 Å². The topological polar surface area (TPSA) is 40.6 Å². The summed E-state index contributed by atoms with van der Waals surface area (Å²) >= 11 is 0. The Morgan fingerprint density at radius 2 is 1.73 bits per heavy atom. The predicted molar refractivity (Wildman–Crippen MR) is 100 cm³/mol. The maximum absolute atomic E-state index is 13.8. The van der Waals surface area contributed by atoms with Gasteiger partial charge in [0.25, 0.3) is 5.91 Å². The fraction of sp³-hybridized carbons (Fsp3) is 0.300. The van der Waals surface area contributed by atoms with E-state index in [0.29, 0.717) is 31.5 Å². The standard InChI is InChI=1S/C20H19FN2O2.ClH/c1-22-17-8-7-15(21)13-16(17)20(19(22)25)9-11-23(12-10-20)18(24)14-5-3-2-4-6-14;/h2-8,13H,9-12H2,1H3;1H. The molecule has 2 heterocycles. The van der Waals surface area contributed by atoms with E-state index in [9.17, 15) is 14.0 Å². The first-order chi connectivity index (χ1) is 12.0. The van der Waals surface area contributed by atoms with Crippen LogP contribution in [0.5, 0.6) is 0 Å². The first kappa shape index (κ1) is 18.4. The molecule has 6 heteroatoms. The SMILES string of the molecule is CN1C(=O)C2(CCN(C(=O)c3ccccc3)CC2)c2cc(F)ccc21.Cl. The highest BCUT2D eigenvalue weighted by Crippen LogP contribution is 2.47.